The minimum atomic E-state index is 0.272. The highest BCUT2D eigenvalue weighted by atomic mass is 14.9. The summed E-state index contributed by atoms with van der Waals surface area (Å²) in [5, 5.41) is 6.53. The lowest BCUT2D eigenvalue weighted by atomic mass is 10.1. The Balaban J connectivity index is 3.04. The van der Waals surface area contributed by atoms with E-state index >= 15 is 0 Å². The SMILES string of the molecule is CNCCCNC(C)(C)C. The number of hydrogen-bond acceptors (Lipinski definition) is 2. The smallest absolute Gasteiger partial charge is 0.00965 e. The van der Waals surface area contributed by atoms with Gasteiger partial charge in [-0.15, -0.1) is 0 Å². The van der Waals surface area contributed by atoms with Gasteiger partial charge in [-0.2, -0.15) is 0 Å². The molecule has 0 radical (unpaired) electrons. The first-order valence-corrected chi connectivity index (χ1v) is 3.96. The Labute approximate surface area is 64.4 Å². The van der Waals surface area contributed by atoms with Gasteiger partial charge in [-0.3, -0.25) is 0 Å². The van der Waals surface area contributed by atoms with Crippen LogP contribution in [-0.2, 0) is 0 Å². The Bertz CT molecular complexity index is 73.8. The van der Waals surface area contributed by atoms with E-state index in [1.807, 2.05) is 7.05 Å². The van der Waals surface area contributed by atoms with Crippen molar-refractivity contribution in [1.29, 1.82) is 0 Å². The fourth-order valence-electron chi connectivity index (χ4n) is 0.729. The number of rotatable bonds is 4. The van der Waals surface area contributed by atoms with Crippen LogP contribution >= 0.6 is 0 Å². The second-order valence-electron chi connectivity index (χ2n) is 3.63. The van der Waals surface area contributed by atoms with Crippen LogP contribution in [0.3, 0.4) is 0 Å². The molecule has 0 bridgehead atoms. The summed E-state index contributed by atoms with van der Waals surface area (Å²) >= 11 is 0. The summed E-state index contributed by atoms with van der Waals surface area (Å²) in [5.41, 5.74) is 0.272. The second-order valence-corrected chi connectivity index (χ2v) is 3.63. The first-order chi connectivity index (χ1) is 4.56. The molecule has 0 saturated carbocycles. The predicted octanol–water partition coefficient (Wildman–Crippen LogP) is 0.984. The third-order valence-electron chi connectivity index (χ3n) is 1.26. The lowest BCUT2D eigenvalue weighted by molar-refractivity contribution is 0.420. The van der Waals surface area contributed by atoms with Gasteiger partial charge in [0.2, 0.25) is 0 Å². The third-order valence-corrected chi connectivity index (χ3v) is 1.26. The minimum absolute atomic E-state index is 0.272. The van der Waals surface area contributed by atoms with Gasteiger partial charge in [-0.05, 0) is 47.3 Å². The van der Waals surface area contributed by atoms with E-state index in [0.717, 1.165) is 13.1 Å². The third kappa shape index (κ3) is 7.92. The molecule has 0 aliphatic heterocycles. The molecule has 0 fully saturated rings. The fourth-order valence-corrected chi connectivity index (χ4v) is 0.729. The van der Waals surface area contributed by atoms with Crippen molar-refractivity contribution in [3.05, 3.63) is 0 Å². The summed E-state index contributed by atoms with van der Waals surface area (Å²) in [6.45, 7) is 8.76. The summed E-state index contributed by atoms with van der Waals surface area (Å²) < 4.78 is 0. The van der Waals surface area contributed by atoms with Crippen LogP contribution in [0.2, 0.25) is 0 Å². The summed E-state index contributed by atoms with van der Waals surface area (Å²) in [7, 11) is 1.98. The first-order valence-electron chi connectivity index (χ1n) is 3.96. The molecule has 0 atom stereocenters. The molecular formula is C8H20N2. The van der Waals surface area contributed by atoms with Crippen LogP contribution in [0.5, 0.6) is 0 Å². The molecule has 0 rings (SSSR count). The maximum absolute atomic E-state index is 3.42. The van der Waals surface area contributed by atoms with Crippen molar-refractivity contribution < 1.29 is 0 Å². The van der Waals surface area contributed by atoms with Crippen molar-refractivity contribution in [2.75, 3.05) is 20.1 Å². The van der Waals surface area contributed by atoms with Crippen LogP contribution in [0, 0.1) is 0 Å². The van der Waals surface area contributed by atoms with Gasteiger partial charge in [0, 0.05) is 5.54 Å². The van der Waals surface area contributed by atoms with Crippen LogP contribution in [0.1, 0.15) is 27.2 Å². The molecule has 62 valence electrons. The van der Waals surface area contributed by atoms with Crippen LogP contribution in [0.4, 0.5) is 0 Å². The largest absolute Gasteiger partial charge is 0.320 e. The van der Waals surface area contributed by atoms with E-state index in [-0.39, 0.29) is 5.54 Å². The molecule has 0 heterocycles. The average molecular weight is 144 g/mol. The van der Waals surface area contributed by atoms with Crippen molar-refractivity contribution in [1.82, 2.24) is 10.6 Å². The van der Waals surface area contributed by atoms with E-state index in [0.29, 0.717) is 0 Å². The molecule has 10 heavy (non-hydrogen) atoms. The molecule has 0 aliphatic rings. The van der Waals surface area contributed by atoms with E-state index in [4.69, 9.17) is 0 Å². The van der Waals surface area contributed by atoms with Crippen LogP contribution in [0.25, 0.3) is 0 Å². The number of hydrogen-bond donors (Lipinski definition) is 2. The Morgan fingerprint density at radius 1 is 1.10 bits per heavy atom. The Hall–Kier alpha value is -0.0800. The van der Waals surface area contributed by atoms with Crippen molar-refractivity contribution in [3.8, 4) is 0 Å². The zero-order chi connectivity index (χ0) is 8.04. The van der Waals surface area contributed by atoms with E-state index in [1.165, 1.54) is 6.42 Å². The molecular weight excluding hydrogens is 124 g/mol. The normalized spacial score (nSPS) is 12.0. The van der Waals surface area contributed by atoms with Gasteiger partial charge in [0.1, 0.15) is 0 Å². The molecule has 0 aromatic carbocycles. The topological polar surface area (TPSA) is 24.1 Å². The highest BCUT2D eigenvalue weighted by Crippen LogP contribution is 1.97. The maximum atomic E-state index is 3.42. The second kappa shape index (κ2) is 4.69. The van der Waals surface area contributed by atoms with Crippen molar-refractivity contribution in [2.45, 2.75) is 32.7 Å². The van der Waals surface area contributed by atoms with Gasteiger partial charge >= 0.3 is 0 Å². The number of nitrogens with one attached hydrogen (secondary N) is 2. The van der Waals surface area contributed by atoms with E-state index in [1.54, 1.807) is 0 Å². The lowest BCUT2D eigenvalue weighted by Crippen LogP contribution is -2.37. The summed E-state index contributed by atoms with van der Waals surface area (Å²) in [6, 6.07) is 0. The Morgan fingerprint density at radius 2 is 1.70 bits per heavy atom. The summed E-state index contributed by atoms with van der Waals surface area (Å²) in [5.74, 6) is 0. The fraction of sp³-hybridized carbons (Fsp3) is 1.00. The molecule has 2 N–H and O–H groups in total. The summed E-state index contributed by atoms with van der Waals surface area (Å²) in [4.78, 5) is 0. The Morgan fingerprint density at radius 3 is 2.10 bits per heavy atom. The average Bonchev–Trinajstić information content (AvgIpc) is 1.78. The van der Waals surface area contributed by atoms with Gasteiger partial charge in [-0.1, -0.05) is 0 Å². The van der Waals surface area contributed by atoms with Crippen LogP contribution in [-0.4, -0.2) is 25.7 Å². The first kappa shape index (κ1) is 9.92. The van der Waals surface area contributed by atoms with Crippen molar-refractivity contribution in [3.63, 3.8) is 0 Å². The van der Waals surface area contributed by atoms with Gasteiger partial charge in [0.05, 0.1) is 0 Å². The Kier molecular flexibility index (Phi) is 4.65. The quantitative estimate of drug-likeness (QED) is 0.575. The molecule has 2 heteroatoms. The van der Waals surface area contributed by atoms with Gasteiger partial charge in [0.25, 0.3) is 0 Å². The highest BCUT2D eigenvalue weighted by molar-refractivity contribution is 4.69. The highest BCUT2D eigenvalue weighted by Gasteiger charge is 2.06. The van der Waals surface area contributed by atoms with Crippen molar-refractivity contribution in [2.24, 2.45) is 0 Å². The van der Waals surface area contributed by atoms with E-state index in [2.05, 4.69) is 31.4 Å². The standard InChI is InChI=1S/C8H20N2/c1-8(2,3)10-7-5-6-9-4/h9-10H,5-7H2,1-4H3. The van der Waals surface area contributed by atoms with Gasteiger partial charge in [-0.25, -0.2) is 0 Å². The molecule has 0 spiro atoms. The maximum Gasteiger partial charge on any atom is 0.00965 e. The molecule has 0 amide bonds. The van der Waals surface area contributed by atoms with Gasteiger partial charge < -0.3 is 10.6 Å². The molecule has 0 unspecified atom stereocenters. The van der Waals surface area contributed by atoms with Crippen LogP contribution < -0.4 is 10.6 Å². The lowest BCUT2D eigenvalue weighted by Gasteiger charge is -2.20. The molecule has 0 aromatic heterocycles. The predicted molar refractivity (Wildman–Crippen MR) is 46.3 cm³/mol. The monoisotopic (exact) mass is 144 g/mol. The zero-order valence-corrected chi connectivity index (χ0v) is 7.62. The minimum Gasteiger partial charge on any atom is -0.320 e. The van der Waals surface area contributed by atoms with E-state index < -0.39 is 0 Å². The molecule has 0 aromatic rings. The summed E-state index contributed by atoms with van der Waals surface area (Å²) in [6.07, 6.45) is 1.20. The van der Waals surface area contributed by atoms with Crippen LogP contribution in [0.15, 0.2) is 0 Å². The molecule has 0 aliphatic carbocycles. The molecule has 0 saturated heterocycles. The zero-order valence-electron chi connectivity index (χ0n) is 7.62. The van der Waals surface area contributed by atoms with Crippen molar-refractivity contribution >= 4 is 0 Å². The van der Waals surface area contributed by atoms with E-state index in [9.17, 15) is 0 Å². The molecule has 2 nitrogen and oxygen atoms in total. The van der Waals surface area contributed by atoms with Gasteiger partial charge in [0.15, 0.2) is 0 Å².